The van der Waals surface area contributed by atoms with Crippen LogP contribution in [-0.2, 0) is 13.6 Å². The lowest BCUT2D eigenvalue weighted by molar-refractivity contribution is 0.229. The third-order valence-electron chi connectivity index (χ3n) is 1.78. The molecule has 1 heterocycles. The second kappa shape index (κ2) is 5.40. The SMILES string of the molecule is CCOP(=O)(OCC)c1cc(C)ccn1. The normalized spacial score (nSPS) is 11.7. The van der Waals surface area contributed by atoms with E-state index in [1.165, 1.54) is 0 Å². The smallest absolute Gasteiger partial charge is 0.304 e. The van der Waals surface area contributed by atoms with Crippen LogP contribution in [0.3, 0.4) is 0 Å². The number of pyridine rings is 1. The highest BCUT2D eigenvalue weighted by atomic mass is 31.2. The molecule has 0 aliphatic carbocycles. The highest BCUT2D eigenvalue weighted by molar-refractivity contribution is 7.61. The van der Waals surface area contributed by atoms with Crippen LogP contribution in [0.1, 0.15) is 19.4 Å². The Hall–Kier alpha value is -0.700. The van der Waals surface area contributed by atoms with Gasteiger partial charge in [-0.05, 0) is 38.5 Å². The molecule has 0 N–H and O–H groups in total. The number of hydrogen-bond donors (Lipinski definition) is 0. The summed E-state index contributed by atoms with van der Waals surface area (Å²) in [6.07, 6.45) is 1.61. The Bertz CT molecular complexity index is 357. The van der Waals surface area contributed by atoms with Gasteiger partial charge < -0.3 is 9.05 Å². The van der Waals surface area contributed by atoms with Gasteiger partial charge in [0.25, 0.3) is 0 Å². The third-order valence-corrected chi connectivity index (χ3v) is 3.78. The third kappa shape index (κ3) is 3.13. The first-order valence-electron chi connectivity index (χ1n) is 4.94. The summed E-state index contributed by atoms with van der Waals surface area (Å²) in [4.78, 5) is 4.04. The van der Waals surface area contributed by atoms with Gasteiger partial charge in [-0.3, -0.25) is 4.57 Å². The van der Waals surface area contributed by atoms with Gasteiger partial charge in [-0.25, -0.2) is 4.98 Å². The topological polar surface area (TPSA) is 48.4 Å². The molecular formula is C10H16NO3P. The molecule has 0 spiro atoms. The standard InChI is InChI=1S/C10H16NO3P/c1-4-13-15(12,14-5-2)10-8-9(3)6-7-11-10/h6-8H,4-5H2,1-3H3. The fraction of sp³-hybridized carbons (Fsp3) is 0.500. The molecule has 0 fully saturated rings. The van der Waals surface area contributed by atoms with E-state index >= 15 is 0 Å². The number of rotatable bonds is 5. The Morgan fingerprint density at radius 1 is 1.33 bits per heavy atom. The zero-order chi connectivity index (χ0) is 11.3. The van der Waals surface area contributed by atoms with Gasteiger partial charge in [0.15, 0.2) is 5.44 Å². The van der Waals surface area contributed by atoms with Crippen molar-refractivity contribution in [1.29, 1.82) is 0 Å². The Balaban J connectivity index is 3.03. The Morgan fingerprint density at radius 2 is 1.93 bits per heavy atom. The van der Waals surface area contributed by atoms with Crippen LogP contribution in [0, 0.1) is 6.92 Å². The van der Waals surface area contributed by atoms with Crippen LogP contribution < -0.4 is 5.44 Å². The van der Waals surface area contributed by atoms with Crippen LogP contribution in [0.5, 0.6) is 0 Å². The predicted octanol–water partition coefficient (Wildman–Crippen LogP) is 2.28. The summed E-state index contributed by atoms with van der Waals surface area (Å²) in [7, 11) is -3.21. The molecule has 5 heteroatoms. The number of aromatic nitrogens is 1. The predicted molar refractivity (Wildman–Crippen MR) is 59.5 cm³/mol. The van der Waals surface area contributed by atoms with Gasteiger partial charge in [0, 0.05) is 6.20 Å². The lowest BCUT2D eigenvalue weighted by Crippen LogP contribution is -2.14. The van der Waals surface area contributed by atoms with E-state index < -0.39 is 7.60 Å². The molecule has 84 valence electrons. The van der Waals surface area contributed by atoms with E-state index in [4.69, 9.17) is 9.05 Å². The van der Waals surface area contributed by atoms with Gasteiger partial charge in [0.05, 0.1) is 13.2 Å². The summed E-state index contributed by atoms with van der Waals surface area (Å²) in [5.41, 5.74) is 1.37. The van der Waals surface area contributed by atoms with Crippen molar-refractivity contribution >= 4 is 13.0 Å². The summed E-state index contributed by atoms with van der Waals surface area (Å²) in [6.45, 7) is 6.15. The van der Waals surface area contributed by atoms with E-state index in [0.717, 1.165) is 5.56 Å². The molecule has 0 atom stereocenters. The fourth-order valence-corrected chi connectivity index (χ4v) is 2.77. The highest BCUT2D eigenvalue weighted by Crippen LogP contribution is 2.45. The monoisotopic (exact) mass is 229 g/mol. The summed E-state index contributed by atoms with van der Waals surface area (Å²) in [5, 5.41) is 0. The van der Waals surface area contributed by atoms with E-state index in [2.05, 4.69) is 4.98 Å². The van der Waals surface area contributed by atoms with Crippen LogP contribution in [-0.4, -0.2) is 18.2 Å². The molecule has 1 aromatic rings. The van der Waals surface area contributed by atoms with E-state index in [0.29, 0.717) is 18.6 Å². The minimum absolute atomic E-state index is 0.340. The van der Waals surface area contributed by atoms with Crippen molar-refractivity contribution in [3.63, 3.8) is 0 Å². The highest BCUT2D eigenvalue weighted by Gasteiger charge is 2.28. The van der Waals surface area contributed by atoms with Crippen LogP contribution in [0.2, 0.25) is 0 Å². The summed E-state index contributed by atoms with van der Waals surface area (Å²) < 4.78 is 22.6. The molecular weight excluding hydrogens is 213 g/mol. The second-order valence-corrected chi connectivity index (χ2v) is 4.99. The first-order chi connectivity index (χ1) is 7.12. The van der Waals surface area contributed by atoms with E-state index in [-0.39, 0.29) is 0 Å². The average Bonchev–Trinajstić information content (AvgIpc) is 2.18. The second-order valence-electron chi connectivity index (χ2n) is 3.02. The molecule has 0 aromatic carbocycles. The van der Waals surface area contributed by atoms with Crippen molar-refractivity contribution in [2.75, 3.05) is 13.2 Å². The largest absolute Gasteiger partial charge is 0.379 e. The maximum absolute atomic E-state index is 12.3. The number of aryl methyl sites for hydroxylation is 1. The van der Waals surface area contributed by atoms with Crippen molar-refractivity contribution in [2.24, 2.45) is 0 Å². The molecule has 0 saturated heterocycles. The number of hydrogen-bond acceptors (Lipinski definition) is 4. The Labute approximate surface area is 90.2 Å². The lowest BCUT2D eigenvalue weighted by atomic mass is 10.3. The van der Waals surface area contributed by atoms with Crippen LogP contribution in [0.15, 0.2) is 18.3 Å². The lowest BCUT2D eigenvalue weighted by Gasteiger charge is -2.16. The molecule has 0 unspecified atom stereocenters. The van der Waals surface area contributed by atoms with Crippen molar-refractivity contribution in [3.8, 4) is 0 Å². The zero-order valence-corrected chi connectivity index (χ0v) is 10.2. The molecule has 0 bridgehead atoms. The molecule has 0 aliphatic heterocycles. The summed E-state index contributed by atoms with van der Waals surface area (Å²) in [5.74, 6) is 0. The zero-order valence-electron chi connectivity index (χ0n) is 9.27. The number of nitrogens with zero attached hydrogens (tertiary/aromatic N) is 1. The Morgan fingerprint density at radius 3 is 2.40 bits per heavy atom. The Kier molecular flexibility index (Phi) is 4.45. The maximum atomic E-state index is 12.3. The minimum Gasteiger partial charge on any atom is -0.304 e. The van der Waals surface area contributed by atoms with Crippen LogP contribution in [0.4, 0.5) is 0 Å². The first-order valence-corrected chi connectivity index (χ1v) is 6.49. The molecule has 0 saturated carbocycles. The molecule has 0 radical (unpaired) electrons. The van der Waals surface area contributed by atoms with Crippen LogP contribution >= 0.6 is 7.60 Å². The van der Waals surface area contributed by atoms with Gasteiger partial charge >= 0.3 is 7.60 Å². The van der Waals surface area contributed by atoms with E-state index in [1.54, 1.807) is 26.1 Å². The van der Waals surface area contributed by atoms with Gasteiger partial charge in [-0.2, -0.15) is 0 Å². The van der Waals surface area contributed by atoms with Crippen LogP contribution in [0.25, 0.3) is 0 Å². The molecule has 1 aromatic heterocycles. The molecule has 4 nitrogen and oxygen atoms in total. The quantitative estimate of drug-likeness (QED) is 0.727. The average molecular weight is 229 g/mol. The first kappa shape index (κ1) is 12.4. The van der Waals surface area contributed by atoms with Crippen molar-refractivity contribution in [1.82, 2.24) is 4.98 Å². The fourth-order valence-electron chi connectivity index (χ4n) is 1.18. The molecule has 15 heavy (non-hydrogen) atoms. The summed E-state index contributed by atoms with van der Waals surface area (Å²) >= 11 is 0. The maximum Gasteiger partial charge on any atom is 0.379 e. The molecule has 0 amide bonds. The van der Waals surface area contributed by atoms with Gasteiger partial charge in [0.1, 0.15) is 0 Å². The minimum atomic E-state index is -3.21. The molecule has 0 aliphatic rings. The van der Waals surface area contributed by atoms with Gasteiger partial charge in [-0.1, -0.05) is 0 Å². The van der Waals surface area contributed by atoms with Gasteiger partial charge in [-0.15, -0.1) is 0 Å². The van der Waals surface area contributed by atoms with E-state index in [1.807, 2.05) is 13.0 Å². The van der Waals surface area contributed by atoms with Crippen molar-refractivity contribution in [2.45, 2.75) is 20.8 Å². The summed E-state index contributed by atoms with van der Waals surface area (Å²) in [6, 6.07) is 3.57. The molecule has 1 rings (SSSR count). The van der Waals surface area contributed by atoms with Crippen molar-refractivity contribution in [3.05, 3.63) is 23.9 Å². The van der Waals surface area contributed by atoms with Gasteiger partial charge in [0.2, 0.25) is 0 Å². The van der Waals surface area contributed by atoms with Crippen molar-refractivity contribution < 1.29 is 13.6 Å². The van der Waals surface area contributed by atoms with E-state index in [9.17, 15) is 4.57 Å².